The summed E-state index contributed by atoms with van der Waals surface area (Å²) in [5.41, 5.74) is 1.47. The van der Waals surface area contributed by atoms with Gasteiger partial charge in [0.1, 0.15) is 5.82 Å². The first-order valence-electron chi connectivity index (χ1n) is 4.67. The Labute approximate surface area is 73.0 Å². The van der Waals surface area contributed by atoms with Crippen molar-refractivity contribution in [2.24, 2.45) is 4.99 Å². The van der Waals surface area contributed by atoms with E-state index in [9.17, 15) is 0 Å². The van der Waals surface area contributed by atoms with E-state index in [0.717, 1.165) is 13.0 Å². The number of rotatable bonds is 2. The average Bonchev–Trinajstić information content (AvgIpc) is 2.53. The fraction of sp³-hybridized carbons (Fsp3) is 0.667. The molecule has 2 heterocycles. The van der Waals surface area contributed by atoms with Gasteiger partial charge in [-0.25, -0.2) is 0 Å². The molecule has 0 spiro atoms. The highest BCUT2D eigenvalue weighted by atomic mass is 15.1. The highest BCUT2D eigenvalue weighted by molar-refractivity contribution is 5.61. The Kier molecular flexibility index (Phi) is 2.02. The van der Waals surface area contributed by atoms with Crippen LogP contribution in [0, 0.1) is 0 Å². The van der Waals surface area contributed by atoms with Gasteiger partial charge in [0.05, 0.1) is 12.4 Å². The van der Waals surface area contributed by atoms with E-state index in [1.165, 1.54) is 24.2 Å². The van der Waals surface area contributed by atoms with Crippen molar-refractivity contribution in [3.63, 3.8) is 0 Å². The van der Waals surface area contributed by atoms with E-state index in [1.54, 1.807) is 0 Å². The lowest BCUT2D eigenvalue weighted by Crippen LogP contribution is -2.28. The normalized spacial score (nSPS) is 26.6. The molecule has 2 rings (SSSR count). The summed E-state index contributed by atoms with van der Waals surface area (Å²) in [6, 6.07) is 0.446. The van der Waals surface area contributed by atoms with Crippen LogP contribution in [0.3, 0.4) is 0 Å². The number of nitrogens with one attached hydrogen (secondary N) is 2. The van der Waals surface area contributed by atoms with Gasteiger partial charge in [-0.2, -0.15) is 0 Å². The van der Waals surface area contributed by atoms with Crippen molar-refractivity contribution >= 4 is 6.34 Å². The Balaban J connectivity index is 2.11. The summed E-state index contributed by atoms with van der Waals surface area (Å²) in [5.74, 6) is 1.21. The third kappa shape index (κ3) is 1.19. The van der Waals surface area contributed by atoms with Crippen molar-refractivity contribution in [1.82, 2.24) is 10.6 Å². The lowest BCUT2D eigenvalue weighted by atomic mass is 10.0. The van der Waals surface area contributed by atoms with Gasteiger partial charge in [-0.15, -0.1) is 0 Å². The van der Waals surface area contributed by atoms with Crippen molar-refractivity contribution in [2.75, 3.05) is 6.54 Å². The first-order chi connectivity index (χ1) is 5.92. The van der Waals surface area contributed by atoms with Crippen LogP contribution in [0.4, 0.5) is 0 Å². The van der Waals surface area contributed by atoms with Crippen LogP contribution in [0.2, 0.25) is 0 Å². The summed E-state index contributed by atoms with van der Waals surface area (Å²) in [6.45, 7) is 3.28. The first kappa shape index (κ1) is 7.65. The molecule has 0 aromatic carbocycles. The van der Waals surface area contributed by atoms with Gasteiger partial charge in [0.25, 0.3) is 0 Å². The molecule has 2 N–H and O–H groups in total. The number of hydrogen-bond acceptors (Lipinski definition) is 3. The second kappa shape index (κ2) is 3.17. The molecule has 0 saturated carbocycles. The summed E-state index contributed by atoms with van der Waals surface area (Å²) in [5, 5.41) is 6.47. The first-order valence-corrected chi connectivity index (χ1v) is 4.67. The maximum atomic E-state index is 4.43. The molecule has 0 unspecified atom stereocenters. The largest absolute Gasteiger partial charge is 0.371 e. The molecule has 0 fully saturated rings. The Morgan fingerprint density at radius 3 is 3.42 bits per heavy atom. The standard InChI is InChI=1S/C9H15N3/c1-2-3-8-7-4-5-10-9(7)12-6-11-8/h6,8,10H,2-5H2,1H3,(H,11,12)/t8-/m0/s1. The maximum Gasteiger partial charge on any atom is 0.105 e. The summed E-state index contributed by atoms with van der Waals surface area (Å²) in [6.07, 6.45) is 5.36. The zero-order valence-electron chi connectivity index (χ0n) is 7.43. The minimum atomic E-state index is 0.446. The van der Waals surface area contributed by atoms with Crippen LogP contribution >= 0.6 is 0 Å². The zero-order chi connectivity index (χ0) is 8.39. The predicted octanol–water partition coefficient (Wildman–Crippen LogP) is 0.992. The third-order valence-corrected chi connectivity index (χ3v) is 2.44. The monoisotopic (exact) mass is 165 g/mol. The summed E-state index contributed by atoms with van der Waals surface area (Å²) >= 11 is 0. The highest BCUT2D eigenvalue weighted by Crippen LogP contribution is 2.23. The molecular weight excluding hydrogens is 150 g/mol. The summed E-state index contributed by atoms with van der Waals surface area (Å²) in [7, 11) is 0. The quantitative estimate of drug-likeness (QED) is 0.640. The minimum Gasteiger partial charge on any atom is -0.371 e. The molecule has 3 nitrogen and oxygen atoms in total. The van der Waals surface area contributed by atoms with Gasteiger partial charge in [-0.1, -0.05) is 13.3 Å². The van der Waals surface area contributed by atoms with Crippen LogP contribution in [0.5, 0.6) is 0 Å². The van der Waals surface area contributed by atoms with Crippen LogP contribution in [0.1, 0.15) is 26.2 Å². The molecule has 2 aliphatic rings. The molecule has 0 aliphatic carbocycles. The molecule has 0 radical (unpaired) electrons. The van der Waals surface area contributed by atoms with Crippen LogP contribution in [0.15, 0.2) is 16.4 Å². The molecule has 66 valence electrons. The van der Waals surface area contributed by atoms with E-state index in [-0.39, 0.29) is 0 Å². The number of aliphatic imine (C=N–C) groups is 1. The topological polar surface area (TPSA) is 36.4 Å². The Morgan fingerprint density at radius 1 is 1.67 bits per heavy atom. The van der Waals surface area contributed by atoms with Crippen LogP contribution in [-0.4, -0.2) is 18.9 Å². The average molecular weight is 165 g/mol. The molecule has 0 aromatic rings. The lowest BCUT2D eigenvalue weighted by Gasteiger charge is -2.18. The molecule has 12 heavy (non-hydrogen) atoms. The smallest absolute Gasteiger partial charge is 0.105 e. The lowest BCUT2D eigenvalue weighted by molar-refractivity contribution is 0.650. The van der Waals surface area contributed by atoms with Gasteiger partial charge in [0.2, 0.25) is 0 Å². The van der Waals surface area contributed by atoms with E-state index in [4.69, 9.17) is 0 Å². The van der Waals surface area contributed by atoms with Gasteiger partial charge < -0.3 is 10.6 Å². The van der Waals surface area contributed by atoms with Crippen molar-refractivity contribution in [2.45, 2.75) is 32.2 Å². The Morgan fingerprint density at radius 2 is 2.58 bits per heavy atom. The van der Waals surface area contributed by atoms with Crippen LogP contribution in [-0.2, 0) is 0 Å². The Bertz CT molecular complexity index is 230. The Hall–Kier alpha value is -0.990. The van der Waals surface area contributed by atoms with Crippen molar-refractivity contribution in [1.29, 1.82) is 0 Å². The van der Waals surface area contributed by atoms with E-state index in [1.807, 2.05) is 6.34 Å². The maximum absolute atomic E-state index is 4.43. The number of nitrogens with zero attached hydrogens (tertiary/aromatic N) is 1. The van der Waals surface area contributed by atoms with Gasteiger partial charge in [-0.05, 0) is 18.4 Å². The van der Waals surface area contributed by atoms with Gasteiger partial charge in [0, 0.05) is 6.54 Å². The highest BCUT2D eigenvalue weighted by Gasteiger charge is 2.23. The second-order valence-corrected chi connectivity index (χ2v) is 3.30. The summed E-state index contributed by atoms with van der Waals surface area (Å²) < 4.78 is 0. The minimum absolute atomic E-state index is 0.446. The summed E-state index contributed by atoms with van der Waals surface area (Å²) in [4.78, 5) is 4.43. The zero-order valence-corrected chi connectivity index (χ0v) is 7.43. The molecule has 1 atom stereocenters. The SMILES string of the molecule is CCC[C@@H]1N=CNC2=C1CCN2. The van der Waals surface area contributed by atoms with Gasteiger partial charge >= 0.3 is 0 Å². The fourth-order valence-corrected chi connectivity index (χ4v) is 1.84. The molecule has 0 saturated heterocycles. The predicted molar refractivity (Wildman–Crippen MR) is 50.0 cm³/mol. The molecule has 0 amide bonds. The van der Waals surface area contributed by atoms with Crippen molar-refractivity contribution < 1.29 is 0 Å². The van der Waals surface area contributed by atoms with Gasteiger partial charge in [-0.3, -0.25) is 4.99 Å². The van der Waals surface area contributed by atoms with E-state index >= 15 is 0 Å². The molecule has 3 heteroatoms. The van der Waals surface area contributed by atoms with E-state index < -0.39 is 0 Å². The van der Waals surface area contributed by atoms with E-state index in [0.29, 0.717) is 6.04 Å². The van der Waals surface area contributed by atoms with Crippen molar-refractivity contribution in [3.05, 3.63) is 11.4 Å². The van der Waals surface area contributed by atoms with E-state index in [2.05, 4.69) is 22.5 Å². The van der Waals surface area contributed by atoms with Crippen molar-refractivity contribution in [3.8, 4) is 0 Å². The van der Waals surface area contributed by atoms with Crippen LogP contribution in [0.25, 0.3) is 0 Å². The molecule has 0 bridgehead atoms. The fourth-order valence-electron chi connectivity index (χ4n) is 1.84. The number of hydrogen-bond donors (Lipinski definition) is 2. The third-order valence-electron chi connectivity index (χ3n) is 2.44. The van der Waals surface area contributed by atoms with Crippen LogP contribution < -0.4 is 10.6 Å². The van der Waals surface area contributed by atoms with Gasteiger partial charge in [0.15, 0.2) is 0 Å². The molecule has 0 aromatic heterocycles. The molecular formula is C9H15N3. The molecule has 2 aliphatic heterocycles. The second-order valence-electron chi connectivity index (χ2n) is 3.30.